The van der Waals surface area contributed by atoms with Crippen molar-refractivity contribution >= 4 is 29.9 Å². The van der Waals surface area contributed by atoms with Gasteiger partial charge < -0.3 is 28.6 Å². The minimum Gasteiger partial charge on any atom is -0.618 e. The van der Waals surface area contributed by atoms with E-state index in [0.29, 0.717) is 45.5 Å². The molecule has 0 bridgehead atoms. The monoisotopic (exact) mass is 578 g/mol. The van der Waals surface area contributed by atoms with Gasteiger partial charge in [-0.1, -0.05) is 20.8 Å². The van der Waals surface area contributed by atoms with Crippen LogP contribution in [0.5, 0.6) is 23.0 Å². The third-order valence-corrected chi connectivity index (χ3v) is 12.9. The summed E-state index contributed by atoms with van der Waals surface area (Å²) in [6.07, 6.45) is 0. The van der Waals surface area contributed by atoms with Crippen LogP contribution in [-0.2, 0) is 11.0 Å². The number of hydrogen-bond acceptors (Lipinski definition) is 7. The molecule has 8 nitrogen and oxygen atoms in total. The first-order valence-corrected chi connectivity index (χ1v) is 16.6. The van der Waals surface area contributed by atoms with E-state index in [4.69, 9.17) is 28.4 Å². The molecule has 0 N–H and O–H groups in total. The smallest absolute Gasteiger partial charge is 0.250 e. The highest BCUT2D eigenvalue weighted by Crippen LogP contribution is 2.43. The summed E-state index contributed by atoms with van der Waals surface area (Å²) in [7, 11) is 4.35. The maximum atomic E-state index is 14.3. The first-order valence-electron chi connectivity index (χ1n) is 13.7. The van der Waals surface area contributed by atoms with Gasteiger partial charge >= 0.3 is 0 Å². The zero-order valence-corrected chi connectivity index (χ0v) is 27.4. The Kier molecular flexibility index (Phi) is 8.17. The van der Waals surface area contributed by atoms with Gasteiger partial charge in [0.1, 0.15) is 23.8 Å². The van der Waals surface area contributed by atoms with E-state index in [0.717, 1.165) is 37.7 Å². The highest BCUT2D eigenvalue weighted by atomic mass is 28.4. The van der Waals surface area contributed by atoms with Crippen molar-refractivity contribution in [3.8, 4) is 34.4 Å². The number of hydrogen-bond donors (Lipinski definition) is 0. The Hall–Kier alpha value is -3.56. The molecule has 0 atom stereocenters. The van der Waals surface area contributed by atoms with Gasteiger partial charge in [-0.2, -0.15) is 4.73 Å². The Bertz CT molecular complexity index is 1640. The number of pyridine rings is 2. The lowest BCUT2D eigenvalue weighted by atomic mass is 9.98. The van der Waals surface area contributed by atoms with Gasteiger partial charge in [-0.25, -0.2) is 4.98 Å². The molecule has 4 aromatic rings. The number of aromatic nitrogens is 2. The second kappa shape index (κ2) is 11.0. The third kappa shape index (κ3) is 5.17. The van der Waals surface area contributed by atoms with E-state index in [2.05, 4.69) is 33.9 Å². The van der Waals surface area contributed by atoms with Gasteiger partial charge in [0.15, 0.2) is 19.8 Å². The Morgan fingerprint density at radius 3 is 2.02 bits per heavy atom. The molecule has 2 aromatic heterocycles. The molecule has 220 valence electrons. The molecule has 9 heteroatoms. The molecule has 0 amide bonds. The Balaban J connectivity index is 2.08. The van der Waals surface area contributed by atoms with Crippen LogP contribution >= 0.6 is 0 Å². The zero-order chi connectivity index (χ0) is 30.4. The number of benzene rings is 2. The molecule has 0 saturated heterocycles. The molecule has 2 aromatic carbocycles. The first kappa shape index (κ1) is 30.4. The molecule has 0 aliphatic heterocycles. The van der Waals surface area contributed by atoms with Crippen LogP contribution in [0.2, 0.25) is 18.1 Å². The molecule has 0 radical (unpaired) electrons. The van der Waals surface area contributed by atoms with Crippen LogP contribution in [0.15, 0.2) is 24.3 Å². The Labute approximate surface area is 243 Å². The lowest BCUT2D eigenvalue weighted by Crippen LogP contribution is -2.43. The van der Waals surface area contributed by atoms with Crippen LogP contribution in [0.3, 0.4) is 0 Å². The van der Waals surface area contributed by atoms with E-state index in [-0.39, 0.29) is 11.6 Å². The van der Waals surface area contributed by atoms with Crippen molar-refractivity contribution in [3.63, 3.8) is 0 Å². The summed E-state index contributed by atoms with van der Waals surface area (Å²) >= 11 is 0. The SMILES string of the molecule is COc1cc2c(-c3cc4cc(C)c(OC)c(OC)c4c(C)n3)[n+]([O-])c(CO[Si](C)(C)C(C)(C)C)cc2c(OC)c1C. The van der Waals surface area contributed by atoms with Crippen LogP contribution in [0.25, 0.3) is 32.9 Å². The molecule has 0 aliphatic rings. The molecule has 0 fully saturated rings. The molecular weight excluding hydrogens is 536 g/mol. The maximum Gasteiger partial charge on any atom is 0.250 e. The highest BCUT2D eigenvalue weighted by Gasteiger charge is 2.38. The summed E-state index contributed by atoms with van der Waals surface area (Å²) in [5, 5.41) is 17.5. The molecule has 0 saturated carbocycles. The molecule has 4 rings (SSSR count). The van der Waals surface area contributed by atoms with E-state index in [1.165, 1.54) is 0 Å². The number of aryl methyl sites for hydroxylation is 2. The molecule has 0 spiro atoms. The van der Waals surface area contributed by atoms with Crippen LogP contribution in [0.4, 0.5) is 0 Å². The van der Waals surface area contributed by atoms with E-state index in [1.807, 2.05) is 45.0 Å². The van der Waals surface area contributed by atoms with E-state index in [1.54, 1.807) is 28.4 Å². The predicted octanol–water partition coefficient (Wildman–Crippen LogP) is 7.17. The molecule has 41 heavy (non-hydrogen) atoms. The Morgan fingerprint density at radius 1 is 0.829 bits per heavy atom. The van der Waals surface area contributed by atoms with E-state index in [9.17, 15) is 5.21 Å². The third-order valence-electron chi connectivity index (χ3n) is 8.41. The number of methoxy groups -OCH3 is 4. The number of rotatable bonds is 8. The molecule has 2 heterocycles. The number of nitrogens with zero attached hydrogens (tertiary/aromatic N) is 2. The average molecular weight is 579 g/mol. The average Bonchev–Trinajstić information content (AvgIpc) is 2.90. The van der Waals surface area contributed by atoms with E-state index < -0.39 is 8.32 Å². The van der Waals surface area contributed by atoms with Crippen LogP contribution < -0.4 is 23.7 Å². The second-order valence-corrected chi connectivity index (χ2v) is 16.8. The summed E-state index contributed by atoms with van der Waals surface area (Å²) < 4.78 is 30.4. The standard InChI is InChI=1S/C32H42N2O6Si/c1-18-13-21-14-25(33-20(3)27(21)31(39-10)29(18)37-8)28-23-16-26(36-7)19(2)30(38-9)24(23)15-22(34(28)35)17-40-41(11,12)32(4,5)6/h13-16H,17H2,1-12H3. The van der Waals surface area contributed by atoms with Crippen molar-refractivity contribution in [1.29, 1.82) is 0 Å². The first-order chi connectivity index (χ1) is 19.2. The molecular formula is C32H42N2O6Si. The lowest BCUT2D eigenvalue weighted by Gasteiger charge is -2.35. The summed E-state index contributed by atoms with van der Waals surface area (Å²) in [6, 6.07) is 7.71. The van der Waals surface area contributed by atoms with Crippen molar-refractivity contribution in [2.24, 2.45) is 0 Å². The van der Waals surface area contributed by atoms with Gasteiger partial charge in [0.05, 0.1) is 33.8 Å². The highest BCUT2D eigenvalue weighted by molar-refractivity contribution is 6.74. The molecule has 0 aliphatic carbocycles. The number of fused-ring (bicyclic) bond motifs is 2. The minimum atomic E-state index is -2.14. The van der Waals surface area contributed by atoms with Gasteiger partial charge in [-0.05, 0) is 68.1 Å². The summed E-state index contributed by atoms with van der Waals surface area (Å²) in [6.45, 7) is 16.9. The summed E-state index contributed by atoms with van der Waals surface area (Å²) in [5.41, 5.74) is 3.92. The normalized spacial score (nSPS) is 12.2. The quantitative estimate of drug-likeness (QED) is 0.124. The van der Waals surface area contributed by atoms with Gasteiger partial charge in [-0.15, -0.1) is 0 Å². The van der Waals surface area contributed by atoms with Crippen molar-refractivity contribution in [1.82, 2.24) is 4.98 Å². The largest absolute Gasteiger partial charge is 0.618 e. The van der Waals surface area contributed by atoms with E-state index >= 15 is 0 Å². The zero-order valence-electron chi connectivity index (χ0n) is 26.4. The van der Waals surface area contributed by atoms with Crippen LogP contribution in [0.1, 0.15) is 43.3 Å². The van der Waals surface area contributed by atoms with Crippen molar-refractivity contribution in [2.75, 3.05) is 28.4 Å². The van der Waals surface area contributed by atoms with Crippen molar-refractivity contribution in [3.05, 3.63) is 52.0 Å². The lowest BCUT2D eigenvalue weighted by molar-refractivity contribution is -0.603. The minimum absolute atomic E-state index is 0.00295. The maximum absolute atomic E-state index is 14.3. The Morgan fingerprint density at radius 2 is 1.46 bits per heavy atom. The fraction of sp³-hybridized carbons (Fsp3) is 0.438. The topological polar surface area (TPSA) is 86.0 Å². The van der Waals surface area contributed by atoms with Crippen LogP contribution in [0, 0.1) is 26.0 Å². The van der Waals surface area contributed by atoms with Crippen molar-refractivity contribution < 1.29 is 28.1 Å². The summed E-state index contributed by atoms with van der Waals surface area (Å²) in [4.78, 5) is 4.95. The van der Waals surface area contributed by atoms with Gasteiger partial charge in [0.25, 0.3) is 5.69 Å². The van der Waals surface area contributed by atoms with Gasteiger partial charge in [0, 0.05) is 28.1 Å². The molecule has 0 unspecified atom stereocenters. The fourth-order valence-corrected chi connectivity index (χ4v) is 6.07. The summed E-state index contributed by atoms with van der Waals surface area (Å²) in [5.74, 6) is 2.56. The van der Waals surface area contributed by atoms with Crippen molar-refractivity contribution in [2.45, 2.75) is 66.3 Å². The fourth-order valence-electron chi connectivity index (χ4n) is 5.13. The number of ether oxygens (including phenoxy) is 4. The van der Waals surface area contributed by atoms with Gasteiger partial charge in [-0.3, -0.25) is 0 Å². The second-order valence-electron chi connectivity index (χ2n) is 12.0. The predicted molar refractivity (Wildman–Crippen MR) is 166 cm³/mol. The van der Waals surface area contributed by atoms with Gasteiger partial charge in [0.2, 0.25) is 5.69 Å². The van der Waals surface area contributed by atoms with Crippen LogP contribution in [-0.4, -0.2) is 41.7 Å².